The summed E-state index contributed by atoms with van der Waals surface area (Å²) >= 11 is 0. The van der Waals surface area contributed by atoms with E-state index in [4.69, 9.17) is 0 Å². The predicted molar refractivity (Wildman–Crippen MR) is 101 cm³/mol. The van der Waals surface area contributed by atoms with Crippen molar-refractivity contribution >= 4 is 15.9 Å². The molecule has 0 saturated carbocycles. The van der Waals surface area contributed by atoms with E-state index in [2.05, 4.69) is 10.3 Å². The first-order valence-electron chi connectivity index (χ1n) is 8.55. The SMILES string of the molecule is CCN(CC)S(=O)(=O)c1ccc(C(=O)NC(C)(C)c2ccncc2)cc1. The molecule has 1 aromatic heterocycles. The summed E-state index contributed by atoms with van der Waals surface area (Å²) in [6.45, 7) is 8.20. The van der Waals surface area contributed by atoms with E-state index in [1.165, 1.54) is 28.6 Å². The summed E-state index contributed by atoms with van der Waals surface area (Å²) in [7, 11) is -3.53. The highest BCUT2D eigenvalue weighted by molar-refractivity contribution is 7.89. The summed E-state index contributed by atoms with van der Waals surface area (Å²) < 4.78 is 26.4. The summed E-state index contributed by atoms with van der Waals surface area (Å²) in [4.78, 5) is 16.7. The van der Waals surface area contributed by atoms with Gasteiger partial charge in [-0.25, -0.2) is 8.42 Å². The molecule has 0 atom stereocenters. The van der Waals surface area contributed by atoms with Crippen molar-refractivity contribution in [2.75, 3.05) is 13.1 Å². The summed E-state index contributed by atoms with van der Waals surface area (Å²) in [5.41, 5.74) is 0.763. The molecular weight excluding hydrogens is 350 g/mol. The second-order valence-electron chi connectivity index (χ2n) is 6.43. The summed E-state index contributed by atoms with van der Waals surface area (Å²) in [5, 5.41) is 2.97. The highest BCUT2D eigenvalue weighted by Crippen LogP contribution is 2.21. The Morgan fingerprint density at radius 3 is 2.08 bits per heavy atom. The van der Waals surface area contributed by atoms with Crippen LogP contribution in [0.2, 0.25) is 0 Å². The van der Waals surface area contributed by atoms with E-state index >= 15 is 0 Å². The highest BCUT2D eigenvalue weighted by Gasteiger charge is 2.25. The quantitative estimate of drug-likeness (QED) is 0.807. The monoisotopic (exact) mass is 375 g/mol. The van der Waals surface area contributed by atoms with Gasteiger partial charge in [-0.1, -0.05) is 13.8 Å². The van der Waals surface area contributed by atoms with E-state index in [1.807, 2.05) is 26.0 Å². The fourth-order valence-corrected chi connectivity index (χ4v) is 4.15. The lowest BCUT2D eigenvalue weighted by molar-refractivity contribution is 0.0912. The van der Waals surface area contributed by atoms with E-state index < -0.39 is 15.6 Å². The van der Waals surface area contributed by atoms with Crippen LogP contribution in [0.3, 0.4) is 0 Å². The van der Waals surface area contributed by atoms with Crippen LogP contribution in [0.1, 0.15) is 43.6 Å². The minimum atomic E-state index is -3.53. The minimum Gasteiger partial charge on any atom is -0.343 e. The van der Waals surface area contributed by atoms with Gasteiger partial charge in [0.25, 0.3) is 5.91 Å². The van der Waals surface area contributed by atoms with Crippen molar-refractivity contribution in [2.45, 2.75) is 38.1 Å². The van der Waals surface area contributed by atoms with Gasteiger partial charge in [-0.3, -0.25) is 9.78 Å². The molecule has 0 aliphatic carbocycles. The zero-order valence-electron chi connectivity index (χ0n) is 15.6. The molecule has 26 heavy (non-hydrogen) atoms. The van der Waals surface area contributed by atoms with Gasteiger partial charge in [0.1, 0.15) is 0 Å². The Bertz CT molecular complexity index is 843. The van der Waals surface area contributed by atoms with E-state index in [0.717, 1.165) is 5.56 Å². The van der Waals surface area contributed by atoms with E-state index in [1.54, 1.807) is 26.2 Å². The molecule has 0 fully saturated rings. The smallest absolute Gasteiger partial charge is 0.251 e. The van der Waals surface area contributed by atoms with Gasteiger partial charge in [-0.2, -0.15) is 4.31 Å². The number of carbonyl (C=O) groups excluding carboxylic acids is 1. The molecule has 0 bridgehead atoms. The van der Waals surface area contributed by atoms with E-state index in [-0.39, 0.29) is 10.8 Å². The van der Waals surface area contributed by atoms with Gasteiger partial charge in [0.15, 0.2) is 0 Å². The third-order valence-electron chi connectivity index (χ3n) is 4.29. The number of hydrogen-bond donors (Lipinski definition) is 1. The molecule has 0 unspecified atom stereocenters. The number of aromatic nitrogens is 1. The van der Waals surface area contributed by atoms with Crippen molar-refractivity contribution in [3.8, 4) is 0 Å². The normalized spacial score (nSPS) is 12.2. The fourth-order valence-electron chi connectivity index (χ4n) is 2.69. The van der Waals surface area contributed by atoms with Gasteiger partial charge in [0.2, 0.25) is 10.0 Å². The standard InChI is InChI=1S/C19H25N3O3S/c1-5-22(6-2)26(24,25)17-9-7-15(8-10-17)18(23)21-19(3,4)16-11-13-20-14-12-16/h7-14H,5-6H2,1-4H3,(H,21,23). The lowest BCUT2D eigenvalue weighted by atomic mass is 9.95. The summed E-state index contributed by atoms with van der Waals surface area (Å²) in [5.74, 6) is -0.265. The van der Waals surface area contributed by atoms with Crippen LogP contribution in [0, 0.1) is 0 Å². The first-order chi connectivity index (χ1) is 12.2. The number of benzene rings is 1. The third-order valence-corrected chi connectivity index (χ3v) is 6.35. The molecule has 1 aromatic carbocycles. The number of nitrogens with one attached hydrogen (secondary N) is 1. The molecule has 0 spiro atoms. The second-order valence-corrected chi connectivity index (χ2v) is 8.37. The maximum absolute atomic E-state index is 12.6. The number of hydrogen-bond acceptors (Lipinski definition) is 4. The molecule has 0 aliphatic rings. The predicted octanol–water partition coefficient (Wildman–Crippen LogP) is 2.78. The lowest BCUT2D eigenvalue weighted by Gasteiger charge is -2.27. The van der Waals surface area contributed by atoms with Crippen LogP contribution < -0.4 is 5.32 Å². The van der Waals surface area contributed by atoms with Crippen molar-refractivity contribution in [3.63, 3.8) is 0 Å². The molecule has 6 nitrogen and oxygen atoms in total. The Kier molecular flexibility index (Phi) is 6.15. The molecule has 140 valence electrons. The number of sulfonamides is 1. The topological polar surface area (TPSA) is 79.4 Å². The first-order valence-corrected chi connectivity index (χ1v) is 9.99. The molecule has 2 rings (SSSR count). The molecule has 0 radical (unpaired) electrons. The van der Waals surface area contributed by atoms with Gasteiger partial charge in [0, 0.05) is 31.0 Å². The highest BCUT2D eigenvalue weighted by atomic mass is 32.2. The number of rotatable bonds is 7. The minimum absolute atomic E-state index is 0.186. The van der Waals surface area contributed by atoms with E-state index in [9.17, 15) is 13.2 Å². The summed E-state index contributed by atoms with van der Waals surface area (Å²) in [6, 6.07) is 9.72. The number of nitrogens with zero attached hydrogens (tertiary/aromatic N) is 2. The van der Waals surface area contributed by atoms with Crippen molar-refractivity contribution in [1.82, 2.24) is 14.6 Å². The van der Waals surface area contributed by atoms with Crippen LogP contribution >= 0.6 is 0 Å². The van der Waals surface area contributed by atoms with Crippen molar-refractivity contribution in [3.05, 3.63) is 59.9 Å². The van der Waals surface area contributed by atoms with Crippen molar-refractivity contribution in [2.24, 2.45) is 0 Å². The Hall–Kier alpha value is -2.25. The van der Waals surface area contributed by atoms with Gasteiger partial charge in [-0.05, 0) is 55.8 Å². The number of amides is 1. The zero-order valence-corrected chi connectivity index (χ0v) is 16.4. The molecule has 1 N–H and O–H groups in total. The van der Waals surface area contributed by atoms with Crippen molar-refractivity contribution in [1.29, 1.82) is 0 Å². The molecule has 1 heterocycles. The Morgan fingerprint density at radius 2 is 1.58 bits per heavy atom. The van der Waals surface area contributed by atoms with Crippen LogP contribution in [0.15, 0.2) is 53.7 Å². The van der Waals surface area contributed by atoms with Crippen molar-refractivity contribution < 1.29 is 13.2 Å². The van der Waals surface area contributed by atoms with Crippen LogP contribution in [0.5, 0.6) is 0 Å². The Labute approximate surface area is 155 Å². The molecule has 2 aromatic rings. The van der Waals surface area contributed by atoms with Crippen LogP contribution in [0.4, 0.5) is 0 Å². The van der Waals surface area contributed by atoms with Gasteiger partial charge in [0.05, 0.1) is 10.4 Å². The molecule has 0 aliphatic heterocycles. The van der Waals surface area contributed by atoms with Crippen LogP contribution in [-0.2, 0) is 15.6 Å². The fraction of sp³-hybridized carbons (Fsp3) is 0.368. The molecular formula is C19H25N3O3S. The molecule has 1 amide bonds. The number of carbonyl (C=O) groups is 1. The third kappa shape index (κ3) is 4.28. The van der Waals surface area contributed by atoms with Gasteiger partial charge in [-0.15, -0.1) is 0 Å². The Balaban J connectivity index is 2.19. The Morgan fingerprint density at radius 1 is 1.04 bits per heavy atom. The van der Waals surface area contributed by atoms with Gasteiger partial charge < -0.3 is 5.32 Å². The zero-order chi connectivity index (χ0) is 19.4. The first kappa shape index (κ1) is 20.1. The average molecular weight is 375 g/mol. The van der Waals surface area contributed by atoms with E-state index in [0.29, 0.717) is 18.7 Å². The van der Waals surface area contributed by atoms with Crippen LogP contribution in [-0.4, -0.2) is 36.7 Å². The summed E-state index contributed by atoms with van der Waals surface area (Å²) in [6.07, 6.45) is 3.35. The van der Waals surface area contributed by atoms with Crippen LogP contribution in [0.25, 0.3) is 0 Å². The lowest BCUT2D eigenvalue weighted by Crippen LogP contribution is -2.41. The average Bonchev–Trinajstić information content (AvgIpc) is 2.63. The van der Waals surface area contributed by atoms with Gasteiger partial charge >= 0.3 is 0 Å². The number of pyridine rings is 1. The molecule has 7 heteroatoms. The largest absolute Gasteiger partial charge is 0.343 e. The maximum Gasteiger partial charge on any atom is 0.251 e. The maximum atomic E-state index is 12.6. The molecule has 0 saturated heterocycles. The second kappa shape index (κ2) is 7.97.